The third-order valence-electron chi connectivity index (χ3n) is 2.88. The maximum Gasteiger partial charge on any atom is 0.207 e. The van der Waals surface area contributed by atoms with E-state index in [1.807, 2.05) is 42.1 Å². The summed E-state index contributed by atoms with van der Waals surface area (Å²) in [5.74, 6) is 0. The number of hydrogen-bond acceptors (Lipinski definition) is 4. The number of rotatable bonds is 5. The lowest BCUT2D eigenvalue weighted by molar-refractivity contribution is 0.272. The zero-order valence-corrected chi connectivity index (χ0v) is 12.9. The molecule has 0 aliphatic heterocycles. The van der Waals surface area contributed by atoms with Crippen LogP contribution < -0.4 is 5.49 Å². The summed E-state index contributed by atoms with van der Waals surface area (Å²) in [6.45, 7) is 3.04. The second kappa shape index (κ2) is 8.01. The fraction of sp³-hybridized carbons (Fsp3) is 0.188. The number of hydrogen-bond donors (Lipinski definition) is 0. The van der Waals surface area contributed by atoms with Crippen molar-refractivity contribution in [2.45, 2.75) is 13.5 Å². The van der Waals surface area contributed by atoms with Gasteiger partial charge in [0.05, 0.1) is 19.4 Å². The Labute approximate surface area is 133 Å². The van der Waals surface area contributed by atoms with Crippen molar-refractivity contribution in [1.82, 2.24) is 9.55 Å². The largest absolute Gasteiger partial charge is 0.501 e. The minimum absolute atomic E-state index is 0.448. The molecule has 112 valence electrons. The lowest BCUT2D eigenvalue weighted by Gasteiger charge is -2.08. The lowest BCUT2D eigenvalue weighted by atomic mass is 10.2. The van der Waals surface area contributed by atoms with E-state index in [0.717, 1.165) is 11.1 Å². The SMILES string of the molecule is CCO/C=C/c1cccn(Cc2ccc(Cl)nc2)c1=NC#N. The van der Waals surface area contributed by atoms with E-state index in [1.165, 1.54) is 0 Å². The number of halogens is 1. The van der Waals surface area contributed by atoms with Crippen molar-refractivity contribution in [2.75, 3.05) is 6.61 Å². The van der Waals surface area contributed by atoms with Crippen LogP contribution in [0.15, 0.2) is 47.9 Å². The summed E-state index contributed by atoms with van der Waals surface area (Å²) in [5.41, 5.74) is 2.34. The molecule has 5 nitrogen and oxygen atoms in total. The number of ether oxygens (including phenoxy) is 1. The van der Waals surface area contributed by atoms with E-state index in [4.69, 9.17) is 21.6 Å². The van der Waals surface area contributed by atoms with Crippen LogP contribution >= 0.6 is 11.6 Å². The average molecular weight is 315 g/mol. The summed E-state index contributed by atoms with van der Waals surface area (Å²) in [4.78, 5) is 7.97. The van der Waals surface area contributed by atoms with Gasteiger partial charge in [-0.25, -0.2) is 4.98 Å². The van der Waals surface area contributed by atoms with Crippen molar-refractivity contribution in [1.29, 1.82) is 5.26 Å². The summed E-state index contributed by atoms with van der Waals surface area (Å²) in [6, 6.07) is 7.40. The quantitative estimate of drug-likeness (QED) is 0.484. The van der Waals surface area contributed by atoms with Crippen LogP contribution in [-0.4, -0.2) is 16.2 Å². The molecule has 0 saturated carbocycles. The fourth-order valence-corrected chi connectivity index (χ4v) is 2.02. The molecule has 22 heavy (non-hydrogen) atoms. The smallest absolute Gasteiger partial charge is 0.207 e. The van der Waals surface area contributed by atoms with Crippen LogP contribution in [0, 0.1) is 11.5 Å². The van der Waals surface area contributed by atoms with Crippen molar-refractivity contribution >= 4 is 17.7 Å². The van der Waals surface area contributed by atoms with Crippen LogP contribution in [0.4, 0.5) is 0 Å². The summed E-state index contributed by atoms with van der Waals surface area (Å²) in [5, 5.41) is 9.38. The van der Waals surface area contributed by atoms with Gasteiger partial charge < -0.3 is 9.30 Å². The highest BCUT2D eigenvalue weighted by Crippen LogP contribution is 2.06. The highest BCUT2D eigenvalue weighted by molar-refractivity contribution is 6.29. The second-order valence-electron chi connectivity index (χ2n) is 4.37. The third kappa shape index (κ3) is 4.21. The molecule has 0 saturated heterocycles. The lowest BCUT2D eigenvalue weighted by Crippen LogP contribution is -2.23. The summed E-state index contributed by atoms with van der Waals surface area (Å²) in [6.07, 6.45) is 8.79. The molecular formula is C16H15ClN4O. The molecule has 0 atom stereocenters. The highest BCUT2D eigenvalue weighted by Gasteiger charge is 2.01. The molecule has 2 aromatic heterocycles. The van der Waals surface area contributed by atoms with Gasteiger partial charge in [-0.05, 0) is 36.8 Å². The first-order valence-corrected chi connectivity index (χ1v) is 7.13. The fourth-order valence-electron chi connectivity index (χ4n) is 1.91. The van der Waals surface area contributed by atoms with Crippen LogP contribution in [0.25, 0.3) is 6.08 Å². The van der Waals surface area contributed by atoms with Crippen LogP contribution in [0.3, 0.4) is 0 Å². The highest BCUT2D eigenvalue weighted by atomic mass is 35.5. The summed E-state index contributed by atoms with van der Waals surface area (Å²) in [7, 11) is 0. The minimum Gasteiger partial charge on any atom is -0.501 e. The standard InChI is InChI=1S/C16H15ClN4O/c1-2-22-9-7-14-4-3-8-21(16(14)20-12-18)11-13-5-6-15(17)19-10-13/h3-10H,2,11H2,1H3/b9-7+,20-16?. The Morgan fingerprint density at radius 3 is 3.00 bits per heavy atom. The molecule has 2 rings (SSSR count). The molecule has 0 amide bonds. The third-order valence-corrected chi connectivity index (χ3v) is 3.10. The molecule has 0 bridgehead atoms. The first-order chi connectivity index (χ1) is 10.7. The molecular weight excluding hydrogens is 300 g/mol. The molecule has 0 aromatic carbocycles. The van der Waals surface area contributed by atoms with Gasteiger partial charge in [-0.1, -0.05) is 17.7 Å². The van der Waals surface area contributed by atoms with Gasteiger partial charge in [0, 0.05) is 18.0 Å². The molecule has 0 unspecified atom stereocenters. The van der Waals surface area contributed by atoms with E-state index in [9.17, 15) is 0 Å². The Morgan fingerprint density at radius 1 is 1.45 bits per heavy atom. The van der Waals surface area contributed by atoms with Gasteiger partial charge >= 0.3 is 0 Å². The van der Waals surface area contributed by atoms with Crippen LogP contribution in [0.2, 0.25) is 5.15 Å². The number of pyridine rings is 2. The Kier molecular flexibility index (Phi) is 5.75. The van der Waals surface area contributed by atoms with Gasteiger partial charge in [-0.15, -0.1) is 0 Å². The summed E-state index contributed by atoms with van der Waals surface area (Å²) >= 11 is 5.79. The number of nitrogens with zero attached hydrogens (tertiary/aromatic N) is 4. The van der Waals surface area contributed by atoms with E-state index < -0.39 is 0 Å². The molecule has 0 N–H and O–H groups in total. The average Bonchev–Trinajstić information content (AvgIpc) is 2.53. The molecule has 6 heteroatoms. The second-order valence-corrected chi connectivity index (χ2v) is 4.76. The van der Waals surface area contributed by atoms with Crippen molar-refractivity contribution in [3.63, 3.8) is 0 Å². The maximum atomic E-state index is 8.93. The van der Waals surface area contributed by atoms with Crippen LogP contribution in [0.5, 0.6) is 0 Å². The molecule has 0 radical (unpaired) electrons. The Balaban J connectivity index is 2.39. The van der Waals surface area contributed by atoms with E-state index >= 15 is 0 Å². The first kappa shape index (κ1) is 15.8. The summed E-state index contributed by atoms with van der Waals surface area (Å²) < 4.78 is 7.08. The van der Waals surface area contributed by atoms with Gasteiger partial charge in [-0.2, -0.15) is 10.3 Å². The van der Waals surface area contributed by atoms with E-state index in [1.54, 1.807) is 24.6 Å². The van der Waals surface area contributed by atoms with Crippen molar-refractivity contribution in [3.05, 3.63) is 64.7 Å². The molecule has 2 aromatic rings. The topological polar surface area (TPSA) is 63.2 Å². The molecule has 2 heterocycles. The Bertz CT molecular complexity index is 757. The maximum absolute atomic E-state index is 8.93. The van der Waals surface area contributed by atoms with E-state index in [0.29, 0.717) is 23.8 Å². The first-order valence-electron chi connectivity index (χ1n) is 6.75. The number of nitriles is 1. The molecule has 0 fully saturated rings. The monoisotopic (exact) mass is 314 g/mol. The van der Waals surface area contributed by atoms with Crippen LogP contribution in [0.1, 0.15) is 18.1 Å². The van der Waals surface area contributed by atoms with Gasteiger partial charge in [0.25, 0.3) is 0 Å². The van der Waals surface area contributed by atoms with Gasteiger partial charge in [-0.3, -0.25) is 0 Å². The zero-order valence-electron chi connectivity index (χ0n) is 12.1. The van der Waals surface area contributed by atoms with Crippen molar-refractivity contribution < 1.29 is 4.74 Å². The van der Waals surface area contributed by atoms with E-state index in [2.05, 4.69) is 9.98 Å². The zero-order chi connectivity index (χ0) is 15.8. The van der Waals surface area contributed by atoms with Gasteiger partial charge in [0.1, 0.15) is 5.15 Å². The van der Waals surface area contributed by atoms with E-state index in [-0.39, 0.29) is 0 Å². The van der Waals surface area contributed by atoms with Gasteiger partial charge in [0.15, 0.2) is 5.49 Å². The predicted molar refractivity (Wildman–Crippen MR) is 84.6 cm³/mol. The minimum atomic E-state index is 0.448. The predicted octanol–water partition coefficient (Wildman–Crippen LogP) is 2.97. The molecule has 0 spiro atoms. The molecule has 0 aliphatic rings. The normalized spacial score (nSPS) is 11.6. The van der Waals surface area contributed by atoms with Crippen LogP contribution in [-0.2, 0) is 11.3 Å². The van der Waals surface area contributed by atoms with Crippen molar-refractivity contribution in [2.24, 2.45) is 4.99 Å². The Morgan fingerprint density at radius 2 is 2.32 bits per heavy atom. The number of aromatic nitrogens is 2. The van der Waals surface area contributed by atoms with Gasteiger partial charge in [0.2, 0.25) is 6.19 Å². The Hall–Kier alpha value is -2.58. The molecule has 0 aliphatic carbocycles. The van der Waals surface area contributed by atoms with Crippen molar-refractivity contribution in [3.8, 4) is 6.19 Å².